The Hall–Kier alpha value is -1.54. The van der Waals surface area contributed by atoms with Crippen LogP contribution in [-0.4, -0.2) is 70.7 Å². The van der Waals surface area contributed by atoms with Crippen molar-refractivity contribution in [3.63, 3.8) is 0 Å². The van der Waals surface area contributed by atoms with Gasteiger partial charge in [0.1, 0.15) is 19.3 Å². The Balaban J connectivity index is 4.13. The van der Waals surface area contributed by atoms with Crippen molar-refractivity contribution < 1.29 is 37.3 Å². The SMILES string of the molecule is CC/C=C\C/C=C\C/C=C\C/C=C\CCCCCCCCCCCOCC(COP(=O)([O-])OCC[N+](C)(C)C)OC(=O)CCCCCCCCCCCCCCCCCCCC. The molecule has 0 saturated heterocycles. The smallest absolute Gasteiger partial charge is 0.306 e. The van der Waals surface area contributed by atoms with Gasteiger partial charge < -0.3 is 27.9 Å². The zero-order valence-corrected chi connectivity index (χ0v) is 42.2. The first-order chi connectivity index (χ1) is 30.1. The number of carbonyl (C=O) groups is 1. The number of carbonyl (C=O) groups excluding carboxylic acids is 1. The maximum Gasteiger partial charge on any atom is 0.306 e. The molecule has 0 radical (unpaired) electrons. The van der Waals surface area contributed by atoms with Crippen LogP contribution < -0.4 is 4.89 Å². The maximum atomic E-state index is 12.7. The van der Waals surface area contributed by atoms with Crippen molar-refractivity contribution >= 4 is 13.8 Å². The molecule has 0 amide bonds. The van der Waals surface area contributed by atoms with Crippen LogP contribution in [0.15, 0.2) is 48.6 Å². The lowest BCUT2D eigenvalue weighted by atomic mass is 10.0. The molecule has 0 rings (SSSR count). The van der Waals surface area contributed by atoms with E-state index in [1.807, 2.05) is 21.1 Å². The minimum Gasteiger partial charge on any atom is -0.756 e. The van der Waals surface area contributed by atoms with Crippen molar-refractivity contribution in [1.29, 1.82) is 0 Å². The van der Waals surface area contributed by atoms with Gasteiger partial charge in [-0.1, -0.05) is 217 Å². The predicted octanol–water partition coefficient (Wildman–Crippen LogP) is 15.3. The first-order valence-electron chi connectivity index (χ1n) is 25.9. The number of phosphoric ester groups is 1. The van der Waals surface area contributed by atoms with Gasteiger partial charge in [-0.25, -0.2) is 0 Å². The van der Waals surface area contributed by atoms with E-state index in [9.17, 15) is 14.3 Å². The molecule has 9 heteroatoms. The van der Waals surface area contributed by atoms with E-state index >= 15 is 0 Å². The fourth-order valence-corrected chi connectivity index (χ4v) is 7.91. The van der Waals surface area contributed by atoms with Crippen LogP contribution in [0.3, 0.4) is 0 Å². The Kier molecular flexibility index (Phi) is 44.9. The van der Waals surface area contributed by atoms with Gasteiger partial charge >= 0.3 is 5.97 Å². The van der Waals surface area contributed by atoms with E-state index in [0.717, 1.165) is 57.8 Å². The largest absolute Gasteiger partial charge is 0.756 e. The molecule has 0 N–H and O–H groups in total. The van der Waals surface area contributed by atoms with Gasteiger partial charge in [0.25, 0.3) is 7.82 Å². The minimum absolute atomic E-state index is 0.0251. The third kappa shape index (κ3) is 49.5. The normalized spacial score (nSPS) is 14.0. The second kappa shape index (κ2) is 46.0. The number of hydrogen-bond donors (Lipinski definition) is 0. The van der Waals surface area contributed by atoms with E-state index in [0.29, 0.717) is 24.1 Å². The highest BCUT2D eigenvalue weighted by Crippen LogP contribution is 2.38. The fourth-order valence-electron chi connectivity index (χ4n) is 7.19. The summed E-state index contributed by atoms with van der Waals surface area (Å²) in [5.74, 6) is -0.333. The highest BCUT2D eigenvalue weighted by Gasteiger charge is 2.20. The van der Waals surface area contributed by atoms with Crippen LogP contribution in [0.2, 0.25) is 0 Å². The van der Waals surface area contributed by atoms with Gasteiger partial charge in [-0.2, -0.15) is 0 Å². The summed E-state index contributed by atoms with van der Waals surface area (Å²) in [5.41, 5.74) is 0. The van der Waals surface area contributed by atoms with Crippen LogP contribution in [-0.2, 0) is 27.9 Å². The van der Waals surface area contributed by atoms with Crippen LogP contribution in [0.4, 0.5) is 0 Å². The highest BCUT2D eigenvalue weighted by atomic mass is 31.2. The van der Waals surface area contributed by atoms with E-state index in [2.05, 4.69) is 62.5 Å². The topological polar surface area (TPSA) is 94.1 Å². The number of quaternary nitrogens is 1. The Morgan fingerprint density at radius 2 is 0.935 bits per heavy atom. The molecule has 0 bridgehead atoms. The number of esters is 1. The van der Waals surface area contributed by atoms with Crippen molar-refractivity contribution in [2.24, 2.45) is 0 Å². The molecule has 0 aliphatic rings. The van der Waals surface area contributed by atoms with Crippen LogP contribution in [0.1, 0.15) is 226 Å². The molecule has 0 fully saturated rings. The Bertz CT molecular complexity index is 1130. The molecule has 0 aromatic carbocycles. The van der Waals surface area contributed by atoms with Gasteiger partial charge in [0.15, 0.2) is 0 Å². The van der Waals surface area contributed by atoms with Crippen molar-refractivity contribution in [3.05, 3.63) is 48.6 Å². The molecule has 0 heterocycles. The molecule has 2 unspecified atom stereocenters. The lowest BCUT2D eigenvalue weighted by Crippen LogP contribution is -2.37. The third-order valence-corrected chi connectivity index (χ3v) is 12.1. The molecule has 2 atom stereocenters. The number of nitrogens with zero attached hydrogens (tertiary/aromatic N) is 1. The minimum atomic E-state index is -4.53. The number of allylic oxidation sites excluding steroid dienone is 8. The van der Waals surface area contributed by atoms with E-state index in [1.165, 1.54) is 148 Å². The van der Waals surface area contributed by atoms with Crippen molar-refractivity contribution in [2.45, 2.75) is 232 Å². The van der Waals surface area contributed by atoms with Crippen LogP contribution >= 0.6 is 7.82 Å². The van der Waals surface area contributed by atoms with Crippen molar-refractivity contribution in [3.8, 4) is 0 Å². The van der Waals surface area contributed by atoms with E-state index in [1.54, 1.807) is 0 Å². The second-order valence-corrected chi connectivity index (χ2v) is 19.9. The molecular weight excluding hydrogens is 794 g/mol. The van der Waals surface area contributed by atoms with Gasteiger partial charge in [0.2, 0.25) is 0 Å². The summed E-state index contributed by atoms with van der Waals surface area (Å²) < 4.78 is 34.8. The standard InChI is InChI=1S/C53H100NO7P/c1-6-8-10-12-14-16-18-20-22-24-26-27-28-29-31-33-35-37-39-41-43-45-48-58-50-52(51-60-62(56,57)59-49-47-54(3,4)5)61-53(55)46-44-42-40-38-36-34-32-30-25-23-21-19-17-15-13-11-9-7-2/h8,10,14,16,20,22,26-27,52H,6-7,9,11-13,15,17-19,21,23-25,28-51H2,1-5H3/b10-8-,16-14-,22-20-,27-26-. The Labute approximate surface area is 384 Å². The Morgan fingerprint density at radius 3 is 1.40 bits per heavy atom. The molecule has 0 aliphatic carbocycles. The average Bonchev–Trinajstić information content (AvgIpc) is 3.23. The van der Waals surface area contributed by atoms with Crippen LogP contribution in [0.5, 0.6) is 0 Å². The highest BCUT2D eigenvalue weighted by molar-refractivity contribution is 7.45. The fraction of sp³-hybridized carbons (Fsp3) is 0.830. The first-order valence-corrected chi connectivity index (χ1v) is 27.3. The quantitative estimate of drug-likeness (QED) is 0.0197. The zero-order chi connectivity index (χ0) is 45.5. The summed E-state index contributed by atoms with van der Waals surface area (Å²) in [5, 5.41) is 0. The van der Waals surface area contributed by atoms with Crippen LogP contribution in [0, 0.1) is 0 Å². The lowest BCUT2D eigenvalue weighted by Gasteiger charge is -2.28. The second-order valence-electron chi connectivity index (χ2n) is 18.5. The van der Waals surface area contributed by atoms with Gasteiger partial charge in [0, 0.05) is 13.0 Å². The first kappa shape index (κ1) is 60.5. The summed E-state index contributed by atoms with van der Waals surface area (Å²) >= 11 is 0. The monoisotopic (exact) mass is 894 g/mol. The van der Waals surface area contributed by atoms with Crippen LogP contribution in [0.25, 0.3) is 0 Å². The summed E-state index contributed by atoms with van der Waals surface area (Å²) in [4.78, 5) is 25.2. The average molecular weight is 894 g/mol. The molecule has 62 heavy (non-hydrogen) atoms. The van der Waals surface area contributed by atoms with Crippen molar-refractivity contribution in [1.82, 2.24) is 0 Å². The number of phosphoric acid groups is 1. The Morgan fingerprint density at radius 1 is 0.516 bits per heavy atom. The molecule has 0 aliphatic heterocycles. The van der Waals surface area contributed by atoms with E-state index in [-0.39, 0.29) is 25.8 Å². The lowest BCUT2D eigenvalue weighted by molar-refractivity contribution is -0.870. The third-order valence-electron chi connectivity index (χ3n) is 11.1. The van der Waals surface area contributed by atoms with E-state index in [4.69, 9.17) is 18.5 Å². The van der Waals surface area contributed by atoms with Gasteiger partial charge in [0.05, 0.1) is 34.4 Å². The number of likely N-dealkylation sites (N-methyl/N-ethyl adjacent to an activating group) is 1. The molecule has 0 saturated carbocycles. The predicted molar refractivity (Wildman–Crippen MR) is 263 cm³/mol. The molecule has 0 spiro atoms. The molecule has 364 valence electrons. The number of rotatable bonds is 48. The molecule has 0 aromatic heterocycles. The van der Waals surface area contributed by atoms with Gasteiger partial charge in [-0.3, -0.25) is 9.36 Å². The van der Waals surface area contributed by atoms with Gasteiger partial charge in [-0.15, -0.1) is 0 Å². The molecule has 8 nitrogen and oxygen atoms in total. The summed E-state index contributed by atoms with van der Waals surface area (Å²) in [6.07, 6.45) is 57.0. The number of hydrogen-bond acceptors (Lipinski definition) is 7. The van der Waals surface area contributed by atoms with Gasteiger partial charge in [-0.05, 0) is 51.4 Å². The maximum absolute atomic E-state index is 12.7. The summed E-state index contributed by atoms with van der Waals surface area (Å²) in [6.45, 7) is 5.32. The zero-order valence-electron chi connectivity index (χ0n) is 41.3. The summed E-state index contributed by atoms with van der Waals surface area (Å²) in [7, 11) is 1.36. The van der Waals surface area contributed by atoms with Crippen molar-refractivity contribution in [2.75, 3.05) is 54.1 Å². The molecular formula is C53H100NO7P. The number of ether oxygens (including phenoxy) is 2. The summed E-state index contributed by atoms with van der Waals surface area (Å²) in [6, 6.07) is 0. The van der Waals surface area contributed by atoms with E-state index < -0.39 is 13.9 Å². The number of unbranched alkanes of at least 4 members (excludes halogenated alkanes) is 26. The molecule has 0 aromatic rings.